The molecular formula is C9H20O2. The van der Waals surface area contributed by atoms with Crippen LogP contribution in [0.5, 0.6) is 0 Å². The number of aliphatic carboxylic acids is 1. The summed E-state index contributed by atoms with van der Waals surface area (Å²) in [6.07, 6.45) is 3.34. The van der Waals surface area contributed by atoms with Gasteiger partial charge in [0, 0.05) is 6.42 Å². The summed E-state index contributed by atoms with van der Waals surface area (Å²) >= 11 is 0. The first kappa shape index (κ1) is 13.1. The van der Waals surface area contributed by atoms with E-state index < -0.39 is 5.97 Å². The summed E-state index contributed by atoms with van der Waals surface area (Å²) < 4.78 is 0. The lowest BCUT2D eigenvalue weighted by Crippen LogP contribution is -1.97. The Hall–Kier alpha value is -0.530. The van der Waals surface area contributed by atoms with Gasteiger partial charge in [0.25, 0.3) is 0 Å². The van der Waals surface area contributed by atoms with Crippen LogP contribution in [-0.4, -0.2) is 11.1 Å². The number of carboxylic acid groups (broad SMARTS) is 1. The van der Waals surface area contributed by atoms with E-state index in [0.717, 1.165) is 19.3 Å². The average Bonchev–Trinajstić information content (AvgIpc) is 1.87. The molecule has 0 fully saturated rings. The zero-order valence-corrected chi connectivity index (χ0v) is 6.76. The van der Waals surface area contributed by atoms with Gasteiger partial charge in [-0.3, -0.25) is 4.79 Å². The van der Waals surface area contributed by atoms with Crippen molar-refractivity contribution in [2.24, 2.45) is 5.92 Å². The predicted octanol–water partition coefficient (Wildman–Crippen LogP) is 2.92. The quantitative estimate of drug-likeness (QED) is 0.671. The normalized spacial score (nSPS) is 11.8. The Morgan fingerprint density at radius 3 is 2.45 bits per heavy atom. The SMILES string of the molecule is C.CCC(C)CCCC(=O)O. The van der Waals surface area contributed by atoms with E-state index in [1.165, 1.54) is 0 Å². The summed E-state index contributed by atoms with van der Waals surface area (Å²) in [5.41, 5.74) is 0. The molecule has 0 radical (unpaired) electrons. The molecule has 0 aliphatic heterocycles. The van der Waals surface area contributed by atoms with Crippen LogP contribution in [0.2, 0.25) is 0 Å². The molecule has 0 aromatic heterocycles. The zero-order valence-electron chi connectivity index (χ0n) is 6.76. The van der Waals surface area contributed by atoms with Crippen molar-refractivity contribution >= 4 is 5.97 Å². The Balaban J connectivity index is 0. The Bertz CT molecular complexity index is 99.7. The minimum absolute atomic E-state index is 0. The zero-order chi connectivity index (χ0) is 7.98. The van der Waals surface area contributed by atoms with E-state index in [1.807, 2.05) is 0 Å². The van der Waals surface area contributed by atoms with Gasteiger partial charge >= 0.3 is 5.97 Å². The molecule has 0 aliphatic rings. The molecule has 11 heavy (non-hydrogen) atoms. The largest absolute Gasteiger partial charge is 0.481 e. The Morgan fingerprint density at radius 2 is 2.09 bits per heavy atom. The third-order valence-corrected chi connectivity index (χ3v) is 1.78. The second-order valence-electron chi connectivity index (χ2n) is 2.80. The maximum atomic E-state index is 10.1. The summed E-state index contributed by atoms with van der Waals surface area (Å²) in [4.78, 5) is 10.1. The van der Waals surface area contributed by atoms with Crippen molar-refractivity contribution in [2.45, 2.75) is 47.0 Å². The summed E-state index contributed by atoms with van der Waals surface area (Å²) in [6.45, 7) is 4.29. The maximum Gasteiger partial charge on any atom is 0.303 e. The van der Waals surface area contributed by atoms with Crippen LogP contribution in [0, 0.1) is 5.92 Å². The second-order valence-corrected chi connectivity index (χ2v) is 2.80. The van der Waals surface area contributed by atoms with Crippen LogP contribution in [-0.2, 0) is 4.79 Å². The van der Waals surface area contributed by atoms with E-state index >= 15 is 0 Å². The highest BCUT2D eigenvalue weighted by Gasteiger charge is 2.00. The van der Waals surface area contributed by atoms with E-state index in [0.29, 0.717) is 12.3 Å². The van der Waals surface area contributed by atoms with E-state index in [2.05, 4.69) is 13.8 Å². The number of carbonyl (C=O) groups is 1. The van der Waals surface area contributed by atoms with Crippen molar-refractivity contribution in [3.05, 3.63) is 0 Å². The van der Waals surface area contributed by atoms with E-state index in [4.69, 9.17) is 5.11 Å². The monoisotopic (exact) mass is 160 g/mol. The standard InChI is InChI=1S/C8H16O2.CH4/c1-3-7(2)5-4-6-8(9)10;/h7H,3-6H2,1-2H3,(H,9,10);1H4. The van der Waals surface area contributed by atoms with Crippen LogP contribution < -0.4 is 0 Å². The third-order valence-electron chi connectivity index (χ3n) is 1.78. The number of rotatable bonds is 5. The first-order valence-electron chi connectivity index (χ1n) is 3.88. The minimum Gasteiger partial charge on any atom is -0.481 e. The van der Waals surface area contributed by atoms with Crippen LogP contribution in [0.15, 0.2) is 0 Å². The summed E-state index contributed by atoms with van der Waals surface area (Å²) in [5, 5.41) is 8.30. The minimum atomic E-state index is -0.677. The molecule has 0 bridgehead atoms. The molecular weight excluding hydrogens is 140 g/mol. The van der Waals surface area contributed by atoms with Crippen LogP contribution >= 0.6 is 0 Å². The third kappa shape index (κ3) is 9.47. The Morgan fingerprint density at radius 1 is 1.55 bits per heavy atom. The lowest BCUT2D eigenvalue weighted by Gasteiger charge is -2.04. The van der Waals surface area contributed by atoms with E-state index in [-0.39, 0.29) is 7.43 Å². The van der Waals surface area contributed by atoms with Gasteiger partial charge < -0.3 is 5.11 Å². The highest BCUT2D eigenvalue weighted by molar-refractivity contribution is 5.66. The van der Waals surface area contributed by atoms with Crippen LogP contribution in [0.4, 0.5) is 0 Å². The molecule has 0 saturated carbocycles. The molecule has 0 rings (SSSR count). The molecule has 0 spiro atoms. The van der Waals surface area contributed by atoms with E-state index in [9.17, 15) is 4.79 Å². The second kappa shape index (κ2) is 7.58. The predicted molar refractivity (Wildman–Crippen MR) is 47.7 cm³/mol. The van der Waals surface area contributed by atoms with Crippen molar-refractivity contribution in [3.8, 4) is 0 Å². The van der Waals surface area contributed by atoms with Crippen molar-refractivity contribution in [3.63, 3.8) is 0 Å². The van der Waals surface area contributed by atoms with Gasteiger partial charge in [0.15, 0.2) is 0 Å². The fourth-order valence-electron chi connectivity index (χ4n) is 0.806. The summed E-state index contributed by atoms with van der Waals surface area (Å²) in [6, 6.07) is 0. The summed E-state index contributed by atoms with van der Waals surface area (Å²) in [5.74, 6) is 0.00246. The van der Waals surface area contributed by atoms with Crippen LogP contribution in [0.1, 0.15) is 47.0 Å². The molecule has 1 unspecified atom stereocenters. The van der Waals surface area contributed by atoms with Gasteiger partial charge in [-0.2, -0.15) is 0 Å². The first-order valence-corrected chi connectivity index (χ1v) is 3.88. The average molecular weight is 160 g/mol. The Labute approximate surface area is 69.6 Å². The fourth-order valence-corrected chi connectivity index (χ4v) is 0.806. The van der Waals surface area contributed by atoms with Gasteiger partial charge in [0.05, 0.1) is 0 Å². The van der Waals surface area contributed by atoms with Gasteiger partial charge in [-0.05, 0) is 12.3 Å². The maximum absolute atomic E-state index is 10.1. The first-order chi connectivity index (χ1) is 4.66. The van der Waals surface area contributed by atoms with Crippen molar-refractivity contribution in [1.82, 2.24) is 0 Å². The smallest absolute Gasteiger partial charge is 0.303 e. The molecule has 0 amide bonds. The molecule has 1 N–H and O–H groups in total. The lowest BCUT2D eigenvalue weighted by atomic mass is 10.0. The highest BCUT2D eigenvalue weighted by Crippen LogP contribution is 2.10. The van der Waals surface area contributed by atoms with Gasteiger partial charge in [-0.25, -0.2) is 0 Å². The molecule has 0 aliphatic carbocycles. The highest BCUT2D eigenvalue weighted by atomic mass is 16.4. The summed E-state index contributed by atoms with van der Waals surface area (Å²) in [7, 11) is 0. The molecule has 68 valence electrons. The van der Waals surface area contributed by atoms with Crippen molar-refractivity contribution < 1.29 is 9.90 Å². The van der Waals surface area contributed by atoms with Gasteiger partial charge in [-0.1, -0.05) is 34.1 Å². The fraction of sp³-hybridized carbons (Fsp3) is 0.889. The molecule has 2 heteroatoms. The molecule has 1 atom stereocenters. The molecule has 0 aromatic carbocycles. The number of hydrogen-bond acceptors (Lipinski definition) is 1. The number of carboxylic acids is 1. The number of hydrogen-bond donors (Lipinski definition) is 1. The molecule has 0 heterocycles. The topological polar surface area (TPSA) is 37.3 Å². The van der Waals surface area contributed by atoms with E-state index in [1.54, 1.807) is 0 Å². The van der Waals surface area contributed by atoms with Gasteiger partial charge in [0.2, 0.25) is 0 Å². The van der Waals surface area contributed by atoms with Crippen LogP contribution in [0.25, 0.3) is 0 Å². The van der Waals surface area contributed by atoms with Gasteiger partial charge in [-0.15, -0.1) is 0 Å². The lowest BCUT2D eigenvalue weighted by molar-refractivity contribution is -0.137. The molecule has 2 nitrogen and oxygen atoms in total. The Kier molecular flexibility index (Phi) is 9.01. The van der Waals surface area contributed by atoms with Crippen molar-refractivity contribution in [1.29, 1.82) is 0 Å². The molecule has 0 aromatic rings. The van der Waals surface area contributed by atoms with Gasteiger partial charge in [0.1, 0.15) is 0 Å². The van der Waals surface area contributed by atoms with Crippen LogP contribution in [0.3, 0.4) is 0 Å². The molecule has 0 saturated heterocycles. The van der Waals surface area contributed by atoms with Crippen molar-refractivity contribution in [2.75, 3.05) is 0 Å².